The standard InChI is InChI=1S/C15H18F3NO3/c16-15(17,18)10-3-1-4-11(9-10)22-8-7-19-14(21)12-5-2-6-13(12)20/h1,3-4,9,12-13,20H,2,5-8H2,(H,19,21). The van der Waals surface area contributed by atoms with Gasteiger partial charge in [-0.15, -0.1) is 0 Å². The molecule has 0 heterocycles. The molecule has 0 saturated heterocycles. The molecule has 1 fully saturated rings. The molecular weight excluding hydrogens is 299 g/mol. The molecule has 0 bridgehead atoms. The van der Waals surface area contributed by atoms with Crippen molar-refractivity contribution < 1.29 is 27.8 Å². The van der Waals surface area contributed by atoms with Crippen LogP contribution in [0.2, 0.25) is 0 Å². The van der Waals surface area contributed by atoms with Crippen molar-refractivity contribution in [3.8, 4) is 5.75 Å². The number of hydrogen-bond donors (Lipinski definition) is 2. The first-order valence-corrected chi connectivity index (χ1v) is 7.14. The lowest BCUT2D eigenvalue weighted by Gasteiger charge is -2.15. The number of carbonyl (C=O) groups is 1. The van der Waals surface area contributed by atoms with Crippen molar-refractivity contribution in [3.05, 3.63) is 29.8 Å². The zero-order valence-corrected chi connectivity index (χ0v) is 11.9. The van der Waals surface area contributed by atoms with E-state index >= 15 is 0 Å². The molecule has 4 nitrogen and oxygen atoms in total. The van der Waals surface area contributed by atoms with Crippen molar-refractivity contribution in [3.63, 3.8) is 0 Å². The molecule has 7 heteroatoms. The molecular formula is C15H18F3NO3. The van der Waals surface area contributed by atoms with E-state index in [0.29, 0.717) is 12.8 Å². The minimum absolute atomic E-state index is 0.0653. The summed E-state index contributed by atoms with van der Waals surface area (Å²) in [5.41, 5.74) is -0.775. The van der Waals surface area contributed by atoms with Crippen LogP contribution in [-0.4, -0.2) is 30.3 Å². The predicted octanol–water partition coefficient (Wildman–Crippen LogP) is 2.36. The number of carbonyl (C=O) groups excluding carboxylic acids is 1. The maximum atomic E-state index is 12.5. The largest absolute Gasteiger partial charge is 0.492 e. The molecule has 1 aliphatic rings. The summed E-state index contributed by atoms with van der Waals surface area (Å²) < 4.78 is 42.8. The van der Waals surface area contributed by atoms with Crippen LogP contribution in [0, 0.1) is 5.92 Å². The van der Waals surface area contributed by atoms with E-state index in [0.717, 1.165) is 18.6 Å². The number of rotatable bonds is 5. The Morgan fingerprint density at radius 3 is 2.77 bits per heavy atom. The summed E-state index contributed by atoms with van der Waals surface area (Å²) >= 11 is 0. The van der Waals surface area contributed by atoms with Crippen LogP contribution in [0.5, 0.6) is 5.75 Å². The second-order valence-corrected chi connectivity index (χ2v) is 5.27. The Morgan fingerprint density at radius 1 is 1.36 bits per heavy atom. The molecule has 22 heavy (non-hydrogen) atoms. The fraction of sp³-hybridized carbons (Fsp3) is 0.533. The lowest BCUT2D eigenvalue weighted by atomic mass is 10.1. The van der Waals surface area contributed by atoms with Crippen LogP contribution in [0.25, 0.3) is 0 Å². The summed E-state index contributed by atoms with van der Waals surface area (Å²) in [5.74, 6) is -0.531. The van der Waals surface area contributed by atoms with E-state index in [1.54, 1.807) is 0 Å². The fourth-order valence-electron chi connectivity index (χ4n) is 2.48. The summed E-state index contributed by atoms with van der Waals surface area (Å²) in [7, 11) is 0. The van der Waals surface area contributed by atoms with Crippen LogP contribution in [0.15, 0.2) is 24.3 Å². The van der Waals surface area contributed by atoms with E-state index in [4.69, 9.17) is 4.74 Å². The van der Waals surface area contributed by atoms with Crippen molar-refractivity contribution in [1.29, 1.82) is 0 Å². The van der Waals surface area contributed by atoms with E-state index in [9.17, 15) is 23.1 Å². The number of ether oxygens (including phenoxy) is 1. The summed E-state index contributed by atoms with van der Waals surface area (Å²) in [6.07, 6.45) is -2.92. The Bertz CT molecular complexity index is 519. The number of halogens is 3. The van der Waals surface area contributed by atoms with Crippen LogP contribution in [0.1, 0.15) is 24.8 Å². The third-order valence-corrected chi connectivity index (χ3v) is 3.65. The van der Waals surface area contributed by atoms with Crippen LogP contribution >= 0.6 is 0 Å². The summed E-state index contributed by atoms with van der Waals surface area (Å²) in [5, 5.41) is 12.2. The SMILES string of the molecule is O=C(NCCOc1cccc(C(F)(F)F)c1)C1CCCC1O. The molecule has 2 unspecified atom stereocenters. The van der Waals surface area contributed by atoms with Gasteiger partial charge in [-0.3, -0.25) is 4.79 Å². The molecule has 2 atom stereocenters. The molecule has 0 spiro atoms. The molecule has 0 aromatic heterocycles. The number of amides is 1. The Kier molecular flexibility index (Phi) is 5.28. The molecule has 1 aromatic rings. The van der Waals surface area contributed by atoms with E-state index in [1.165, 1.54) is 12.1 Å². The first-order valence-electron chi connectivity index (χ1n) is 7.14. The van der Waals surface area contributed by atoms with Gasteiger partial charge in [0.25, 0.3) is 0 Å². The average Bonchev–Trinajstić information content (AvgIpc) is 2.89. The van der Waals surface area contributed by atoms with Gasteiger partial charge in [-0.25, -0.2) is 0 Å². The van der Waals surface area contributed by atoms with Crippen LogP contribution < -0.4 is 10.1 Å². The normalized spacial score (nSPS) is 21.6. The van der Waals surface area contributed by atoms with Crippen molar-refractivity contribution in [2.45, 2.75) is 31.5 Å². The van der Waals surface area contributed by atoms with E-state index < -0.39 is 23.8 Å². The number of hydrogen-bond acceptors (Lipinski definition) is 3. The molecule has 1 saturated carbocycles. The van der Waals surface area contributed by atoms with Gasteiger partial charge < -0.3 is 15.2 Å². The van der Waals surface area contributed by atoms with Crippen molar-refractivity contribution in [1.82, 2.24) is 5.32 Å². The van der Waals surface area contributed by atoms with Gasteiger partial charge in [0.05, 0.1) is 24.1 Å². The monoisotopic (exact) mass is 317 g/mol. The zero-order chi connectivity index (χ0) is 16.2. The number of aliphatic hydroxyl groups excluding tert-OH is 1. The molecule has 0 radical (unpaired) electrons. The van der Waals surface area contributed by atoms with E-state index in [1.807, 2.05) is 0 Å². The average molecular weight is 317 g/mol. The smallest absolute Gasteiger partial charge is 0.416 e. The first kappa shape index (κ1) is 16.6. The summed E-state index contributed by atoms with van der Waals surface area (Å²) in [4.78, 5) is 11.8. The highest BCUT2D eigenvalue weighted by atomic mass is 19.4. The lowest BCUT2D eigenvalue weighted by Crippen LogP contribution is -2.36. The highest BCUT2D eigenvalue weighted by Crippen LogP contribution is 2.31. The second-order valence-electron chi connectivity index (χ2n) is 5.27. The van der Waals surface area contributed by atoms with Gasteiger partial charge in [-0.05, 0) is 37.5 Å². The first-order chi connectivity index (χ1) is 10.4. The van der Waals surface area contributed by atoms with Gasteiger partial charge in [0.1, 0.15) is 12.4 Å². The third-order valence-electron chi connectivity index (χ3n) is 3.65. The number of alkyl halides is 3. The van der Waals surface area contributed by atoms with Crippen LogP contribution in [-0.2, 0) is 11.0 Å². The van der Waals surface area contributed by atoms with Crippen LogP contribution in [0.3, 0.4) is 0 Å². The van der Waals surface area contributed by atoms with Gasteiger partial charge in [0, 0.05) is 0 Å². The van der Waals surface area contributed by atoms with Crippen molar-refractivity contribution in [2.75, 3.05) is 13.2 Å². The Morgan fingerprint density at radius 2 is 2.14 bits per heavy atom. The molecule has 122 valence electrons. The summed E-state index contributed by atoms with van der Waals surface area (Å²) in [6, 6.07) is 4.59. The maximum Gasteiger partial charge on any atom is 0.416 e. The molecule has 0 aliphatic heterocycles. The Labute approximate surface area is 126 Å². The van der Waals surface area contributed by atoms with Crippen molar-refractivity contribution >= 4 is 5.91 Å². The maximum absolute atomic E-state index is 12.5. The van der Waals surface area contributed by atoms with Gasteiger partial charge in [-0.1, -0.05) is 6.07 Å². The quantitative estimate of drug-likeness (QED) is 0.820. The second kappa shape index (κ2) is 7.00. The zero-order valence-electron chi connectivity index (χ0n) is 11.9. The molecule has 2 N–H and O–H groups in total. The highest BCUT2D eigenvalue weighted by Gasteiger charge is 2.31. The van der Waals surface area contributed by atoms with E-state index in [2.05, 4.69) is 5.32 Å². The van der Waals surface area contributed by atoms with Gasteiger partial charge in [0.15, 0.2) is 0 Å². The Hall–Kier alpha value is -1.76. The number of benzene rings is 1. The van der Waals surface area contributed by atoms with E-state index in [-0.39, 0.29) is 24.8 Å². The minimum Gasteiger partial charge on any atom is -0.492 e. The third kappa shape index (κ3) is 4.37. The van der Waals surface area contributed by atoms with Crippen LogP contribution in [0.4, 0.5) is 13.2 Å². The predicted molar refractivity (Wildman–Crippen MR) is 73.3 cm³/mol. The molecule has 1 aliphatic carbocycles. The van der Waals surface area contributed by atoms with Gasteiger partial charge in [-0.2, -0.15) is 13.2 Å². The van der Waals surface area contributed by atoms with Gasteiger partial charge in [0.2, 0.25) is 5.91 Å². The van der Waals surface area contributed by atoms with Crippen molar-refractivity contribution in [2.24, 2.45) is 5.92 Å². The fourth-order valence-corrected chi connectivity index (χ4v) is 2.48. The highest BCUT2D eigenvalue weighted by molar-refractivity contribution is 5.79. The number of nitrogens with one attached hydrogen (secondary N) is 1. The molecule has 2 rings (SSSR count). The molecule has 1 aromatic carbocycles. The molecule has 1 amide bonds. The van der Waals surface area contributed by atoms with Gasteiger partial charge >= 0.3 is 6.18 Å². The number of aliphatic hydroxyl groups is 1. The Balaban J connectivity index is 1.76. The topological polar surface area (TPSA) is 58.6 Å². The lowest BCUT2D eigenvalue weighted by molar-refractivity contribution is -0.137. The summed E-state index contributed by atoms with van der Waals surface area (Å²) in [6.45, 7) is 0.244. The minimum atomic E-state index is -4.41.